The van der Waals surface area contributed by atoms with E-state index in [4.69, 9.17) is 16.3 Å². The van der Waals surface area contributed by atoms with Crippen LogP contribution in [0.1, 0.15) is 11.4 Å². The predicted molar refractivity (Wildman–Crippen MR) is 75.6 cm³/mol. The van der Waals surface area contributed by atoms with Crippen molar-refractivity contribution in [3.63, 3.8) is 0 Å². The summed E-state index contributed by atoms with van der Waals surface area (Å²) < 4.78 is 6.14. The van der Waals surface area contributed by atoms with Crippen molar-refractivity contribution in [3.05, 3.63) is 50.6 Å². The summed E-state index contributed by atoms with van der Waals surface area (Å²) in [5, 5.41) is 0.491. The molecular weight excluding hydrogens is 351 g/mol. The Bertz CT molecular complexity index is 534. The van der Waals surface area contributed by atoms with E-state index in [0.717, 1.165) is 14.9 Å². The number of hydrogen-bond donors (Lipinski definition) is 0. The summed E-state index contributed by atoms with van der Waals surface area (Å²) in [6, 6.07) is 7.81. The Labute approximate surface area is 118 Å². The molecule has 2 rings (SSSR count). The first kappa shape index (κ1) is 12.6. The van der Waals surface area contributed by atoms with Gasteiger partial charge in [-0.1, -0.05) is 29.8 Å². The van der Waals surface area contributed by atoms with Gasteiger partial charge < -0.3 is 4.74 Å². The van der Waals surface area contributed by atoms with Gasteiger partial charge in [-0.25, -0.2) is 9.97 Å². The van der Waals surface area contributed by atoms with Crippen LogP contribution in [-0.2, 0) is 6.42 Å². The highest BCUT2D eigenvalue weighted by Crippen LogP contribution is 2.21. The van der Waals surface area contributed by atoms with Gasteiger partial charge in [0.15, 0.2) is 0 Å². The molecule has 0 bridgehead atoms. The largest absolute Gasteiger partial charge is 0.496 e. The van der Waals surface area contributed by atoms with E-state index >= 15 is 0 Å². The van der Waals surface area contributed by atoms with Crippen LogP contribution in [0.15, 0.2) is 30.5 Å². The van der Waals surface area contributed by atoms with E-state index in [1.807, 2.05) is 24.3 Å². The molecule has 1 heterocycles. The van der Waals surface area contributed by atoms with E-state index in [9.17, 15) is 0 Å². The molecule has 0 aliphatic rings. The molecule has 0 aliphatic heterocycles. The van der Waals surface area contributed by atoms with E-state index in [1.54, 1.807) is 13.3 Å². The number of nitrogens with zero attached hydrogens (tertiary/aromatic N) is 2. The lowest BCUT2D eigenvalue weighted by Crippen LogP contribution is -1.99. The van der Waals surface area contributed by atoms with Gasteiger partial charge in [-0.15, -0.1) is 0 Å². The first-order valence-electron chi connectivity index (χ1n) is 4.99. The van der Waals surface area contributed by atoms with Crippen molar-refractivity contribution in [3.8, 4) is 5.75 Å². The summed E-state index contributed by atoms with van der Waals surface area (Å²) in [5.41, 5.74) is 1.05. The summed E-state index contributed by atoms with van der Waals surface area (Å²) in [7, 11) is 1.65. The van der Waals surface area contributed by atoms with Gasteiger partial charge in [0.2, 0.25) is 0 Å². The van der Waals surface area contributed by atoms with Gasteiger partial charge in [0.25, 0.3) is 0 Å². The Morgan fingerprint density at radius 3 is 2.82 bits per heavy atom. The number of rotatable bonds is 3. The molecule has 0 aliphatic carbocycles. The standard InChI is InChI=1S/C12H10ClIN2O/c1-17-10-5-3-2-4-8(10)6-11-15-7-9(14)12(13)16-11/h2-5,7H,6H2,1H3. The average Bonchev–Trinajstić information content (AvgIpc) is 2.34. The topological polar surface area (TPSA) is 35.0 Å². The summed E-state index contributed by atoms with van der Waals surface area (Å²) in [6.45, 7) is 0. The molecule has 0 fully saturated rings. The highest BCUT2D eigenvalue weighted by molar-refractivity contribution is 14.1. The Morgan fingerprint density at radius 1 is 1.35 bits per heavy atom. The van der Waals surface area contributed by atoms with E-state index in [0.29, 0.717) is 17.4 Å². The van der Waals surface area contributed by atoms with Crippen molar-refractivity contribution in [2.24, 2.45) is 0 Å². The van der Waals surface area contributed by atoms with E-state index in [-0.39, 0.29) is 0 Å². The number of para-hydroxylation sites is 1. The molecule has 17 heavy (non-hydrogen) atoms. The van der Waals surface area contributed by atoms with Crippen LogP contribution in [0.25, 0.3) is 0 Å². The maximum Gasteiger partial charge on any atom is 0.146 e. The zero-order valence-electron chi connectivity index (χ0n) is 9.15. The number of benzene rings is 1. The zero-order valence-corrected chi connectivity index (χ0v) is 12.1. The molecule has 0 radical (unpaired) electrons. The van der Waals surface area contributed by atoms with Gasteiger partial charge in [0, 0.05) is 18.2 Å². The van der Waals surface area contributed by atoms with Crippen molar-refractivity contribution in [2.75, 3.05) is 7.11 Å². The molecule has 3 nitrogen and oxygen atoms in total. The second-order valence-electron chi connectivity index (χ2n) is 3.41. The molecule has 0 amide bonds. The van der Waals surface area contributed by atoms with E-state index in [1.165, 1.54) is 0 Å². The van der Waals surface area contributed by atoms with Crippen molar-refractivity contribution >= 4 is 34.2 Å². The number of methoxy groups -OCH3 is 1. The minimum absolute atomic E-state index is 0.491. The molecule has 5 heteroatoms. The van der Waals surface area contributed by atoms with Crippen LogP contribution in [-0.4, -0.2) is 17.1 Å². The summed E-state index contributed by atoms with van der Waals surface area (Å²) in [5.74, 6) is 1.53. The van der Waals surface area contributed by atoms with Crippen LogP contribution >= 0.6 is 34.2 Å². The van der Waals surface area contributed by atoms with Crippen LogP contribution in [0.3, 0.4) is 0 Å². The van der Waals surface area contributed by atoms with Gasteiger partial charge in [0.05, 0.1) is 10.7 Å². The fraction of sp³-hybridized carbons (Fsp3) is 0.167. The fourth-order valence-electron chi connectivity index (χ4n) is 1.48. The van der Waals surface area contributed by atoms with Gasteiger partial charge in [-0.3, -0.25) is 0 Å². The van der Waals surface area contributed by atoms with Crippen molar-refractivity contribution < 1.29 is 4.74 Å². The van der Waals surface area contributed by atoms with Crippen LogP contribution in [0.2, 0.25) is 5.15 Å². The molecule has 0 saturated carbocycles. The average molecular weight is 361 g/mol. The highest BCUT2D eigenvalue weighted by Gasteiger charge is 2.07. The Morgan fingerprint density at radius 2 is 2.12 bits per heavy atom. The molecule has 1 aromatic heterocycles. The quantitative estimate of drug-likeness (QED) is 0.622. The first-order valence-corrected chi connectivity index (χ1v) is 6.45. The lowest BCUT2D eigenvalue weighted by atomic mass is 10.1. The minimum Gasteiger partial charge on any atom is -0.496 e. The van der Waals surface area contributed by atoms with Crippen LogP contribution in [0.5, 0.6) is 5.75 Å². The summed E-state index contributed by atoms with van der Waals surface area (Å²) >= 11 is 8.07. The molecule has 88 valence electrons. The summed E-state index contributed by atoms with van der Waals surface area (Å²) in [6.07, 6.45) is 2.33. The maximum atomic E-state index is 5.96. The maximum absolute atomic E-state index is 5.96. The number of ether oxygens (including phenoxy) is 1. The van der Waals surface area contributed by atoms with Crippen LogP contribution in [0.4, 0.5) is 0 Å². The van der Waals surface area contributed by atoms with E-state index < -0.39 is 0 Å². The molecule has 0 N–H and O–H groups in total. The second kappa shape index (κ2) is 5.64. The molecule has 0 atom stereocenters. The molecule has 0 unspecified atom stereocenters. The van der Waals surface area contributed by atoms with Crippen molar-refractivity contribution in [1.82, 2.24) is 9.97 Å². The Balaban J connectivity index is 2.28. The van der Waals surface area contributed by atoms with Gasteiger partial charge in [0.1, 0.15) is 16.7 Å². The second-order valence-corrected chi connectivity index (χ2v) is 4.93. The lowest BCUT2D eigenvalue weighted by Gasteiger charge is -2.07. The zero-order chi connectivity index (χ0) is 12.3. The van der Waals surface area contributed by atoms with Gasteiger partial charge in [-0.2, -0.15) is 0 Å². The van der Waals surface area contributed by atoms with Crippen LogP contribution < -0.4 is 4.74 Å². The lowest BCUT2D eigenvalue weighted by molar-refractivity contribution is 0.410. The van der Waals surface area contributed by atoms with Crippen molar-refractivity contribution in [1.29, 1.82) is 0 Å². The fourth-order valence-corrected chi connectivity index (χ4v) is 1.89. The SMILES string of the molecule is COc1ccccc1Cc1ncc(I)c(Cl)n1. The summed E-state index contributed by atoms with van der Waals surface area (Å²) in [4.78, 5) is 8.49. The number of halogens is 2. The van der Waals surface area contributed by atoms with Gasteiger partial charge >= 0.3 is 0 Å². The number of hydrogen-bond acceptors (Lipinski definition) is 3. The monoisotopic (exact) mass is 360 g/mol. The Hall–Kier alpha value is -0.880. The molecular formula is C12H10ClIN2O. The third-order valence-corrected chi connectivity index (χ3v) is 3.69. The number of aromatic nitrogens is 2. The first-order chi connectivity index (χ1) is 8.20. The minimum atomic E-state index is 0.491. The normalized spacial score (nSPS) is 10.3. The highest BCUT2D eigenvalue weighted by atomic mass is 127. The Kier molecular flexibility index (Phi) is 4.17. The molecule has 0 saturated heterocycles. The molecule has 2 aromatic rings. The third kappa shape index (κ3) is 3.07. The van der Waals surface area contributed by atoms with E-state index in [2.05, 4.69) is 32.6 Å². The smallest absolute Gasteiger partial charge is 0.146 e. The molecule has 1 aromatic carbocycles. The van der Waals surface area contributed by atoms with Gasteiger partial charge in [-0.05, 0) is 28.7 Å². The third-order valence-electron chi connectivity index (χ3n) is 2.29. The van der Waals surface area contributed by atoms with Crippen molar-refractivity contribution in [2.45, 2.75) is 6.42 Å². The molecule has 0 spiro atoms. The predicted octanol–water partition coefficient (Wildman–Crippen LogP) is 3.33. The van der Waals surface area contributed by atoms with Crippen LogP contribution in [0, 0.1) is 3.57 Å².